The molecular weight excluding hydrogens is 474 g/mol. The summed E-state index contributed by atoms with van der Waals surface area (Å²) in [6.45, 7) is 3.23. The molecule has 0 aliphatic carbocycles. The van der Waals surface area contributed by atoms with Gasteiger partial charge < -0.3 is 15.7 Å². The lowest BCUT2D eigenvalue weighted by Crippen LogP contribution is -2.18. The molecule has 1 fully saturated rings. The minimum absolute atomic E-state index is 0.0447. The predicted molar refractivity (Wildman–Crippen MR) is 144 cm³/mol. The molecule has 0 bridgehead atoms. The summed E-state index contributed by atoms with van der Waals surface area (Å²) in [5.41, 5.74) is 6.46. The average Bonchev–Trinajstić information content (AvgIpc) is 3.49. The molecule has 0 aromatic heterocycles. The van der Waals surface area contributed by atoms with Crippen molar-refractivity contribution in [3.05, 3.63) is 94.0 Å². The van der Waals surface area contributed by atoms with E-state index in [0.717, 1.165) is 42.0 Å². The van der Waals surface area contributed by atoms with Crippen LogP contribution in [0.4, 0.5) is 11.4 Å². The third kappa shape index (κ3) is 5.45. The lowest BCUT2D eigenvalue weighted by atomic mass is 9.97. The number of anilines is 2. The lowest BCUT2D eigenvalue weighted by molar-refractivity contribution is -0.137. The second-order valence-electron chi connectivity index (χ2n) is 9.29. The van der Waals surface area contributed by atoms with Gasteiger partial charge in [-0.2, -0.15) is 0 Å². The second-order valence-corrected chi connectivity index (χ2v) is 9.73. The Morgan fingerprint density at radius 1 is 1.00 bits per heavy atom. The highest BCUT2D eigenvalue weighted by Gasteiger charge is 2.28. The Bertz CT molecular complexity index is 1330. The Morgan fingerprint density at radius 3 is 2.53 bits per heavy atom. The summed E-state index contributed by atoms with van der Waals surface area (Å²) in [5, 5.41) is 16.1. The third-order valence-corrected chi connectivity index (χ3v) is 6.88. The number of carbonyl (C=O) groups is 2. The maximum atomic E-state index is 13.2. The molecule has 0 saturated carbocycles. The molecule has 0 radical (unpaired) electrons. The van der Waals surface area contributed by atoms with Gasteiger partial charge >= 0.3 is 5.97 Å². The standard InChI is InChI=1S/C29H28ClN3O3/c30-22-9-12-24-25(17-22)32-29(36)27(24)28(21-5-3-4-19(16-21)8-13-26(34)35)31-23-10-6-20(7-11-23)18-33-14-1-2-15-33/h3-7,9-12,16-17,31H,1-2,8,13-15,18H2,(H,32,36)(H,34,35)/b28-27-. The van der Waals surface area contributed by atoms with Crippen molar-refractivity contribution in [3.63, 3.8) is 0 Å². The van der Waals surface area contributed by atoms with Crippen LogP contribution in [0.25, 0.3) is 11.3 Å². The van der Waals surface area contributed by atoms with Crippen molar-refractivity contribution in [3.8, 4) is 0 Å². The van der Waals surface area contributed by atoms with Crippen molar-refractivity contribution in [2.45, 2.75) is 32.2 Å². The quantitative estimate of drug-likeness (QED) is 0.335. The highest BCUT2D eigenvalue weighted by atomic mass is 35.5. The third-order valence-electron chi connectivity index (χ3n) is 6.65. The number of aliphatic carboxylic acids is 1. The first kappa shape index (κ1) is 24.1. The Labute approximate surface area is 215 Å². The fraction of sp³-hybridized carbons (Fsp3) is 0.241. The molecule has 1 saturated heterocycles. The molecule has 0 spiro atoms. The number of hydrogen-bond acceptors (Lipinski definition) is 4. The van der Waals surface area contributed by atoms with Gasteiger partial charge in [0.1, 0.15) is 0 Å². The molecular formula is C29H28ClN3O3. The number of aryl methyl sites for hydroxylation is 1. The van der Waals surface area contributed by atoms with Gasteiger partial charge in [0, 0.05) is 29.2 Å². The van der Waals surface area contributed by atoms with E-state index in [1.54, 1.807) is 12.1 Å². The number of carboxylic acids is 1. The average molecular weight is 502 g/mol. The van der Waals surface area contributed by atoms with Crippen molar-refractivity contribution < 1.29 is 14.7 Å². The number of hydrogen-bond donors (Lipinski definition) is 3. The Balaban J connectivity index is 1.51. The van der Waals surface area contributed by atoms with E-state index in [4.69, 9.17) is 16.7 Å². The van der Waals surface area contributed by atoms with Gasteiger partial charge in [-0.05, 0) is 79.4 Å². The molecule has 0 atom stereocenters. The highest BCUT2D eigenvalue weighted by Crippen LogP contribution is 2.39. The Morgan fingerprint density at radius 2 is 1.78 bits per heavy atom. The SMILES string of the molecule is O=C(O)CCc1cccc(/C(Nc2ccc(CN3CCCC3)cc2)=C2/C(=O)Nc3cc(Cl)ccc32)c1. The second kappa shape index (κ2) is 10.6. The van der Waals surface area contributed by atoms with Crippen LogP contribution in [0.2, 0.25) is 5.02 Å². The van der Waals surface area contributed by atoms with Crippen molar-refractivity contribution >= 4 is 46.1 Å². The number of benzene rings is 3. The molecule has 3 aromatic carbocycles. The van der Waals surface area contributed by atoms with Crippen LogP contribution in [0, 0.1) is 0 Å². The summed E-state index contributed by atoms with van der Waals surface area (Å²) in [7, 11) is 0. The molecule has 0 unspecified atom stereocenters. The fourth-order valence-electron chi connectivity index (χ4n) is 4.84. The minimum atomic E-state index is -0.841. The topological polar surface area (TPSA) is 81.7 Å². The minimum Gasteiger partial charge on any atom is -0.481 e. The zero-order valence-electron chi connectivity index (χ0n) is 19.9. The number of rotatable bonds is 8. The first-order valence-electron chi connectivity index (χ1n) is 12.2. The van der Waals surface area contributed by atoms with Crippen LogP contribution in [0.3, 0.4) is 0 Å². The number of halogens is 1. The summed E-state index contributed by atoms with van der Waals surface area (Å²) in [4.78, 5) is 26.7. The van der Waals surface area contributed by atoms with Gasteiger partial charge in [-0.15, -0.1) is 0 Å². The van der Waals surface area contributed by atoms with Crippen molar-refractivity contribution in [1.29, 1.82) is 0 Å². The summed E-state index contributed by atoms with van der Waals surface area (Å²) in [6.07, 6.45) is 2.98. The van der Waals surface area contributed by atoms with Crippen molar-refractivity contribution in [1.82, 2.24) is 4.90 Å². The first-order valence-corrected chi connectivity index (χ1v) is 12.6. The molecule has 1 amide bonds. The van der Waals surface area contributed by atoms with Gasteiger partial charge in [0.15, 0.2) is 0 Å². The summed E-state index contributed by atoms with van der Waals surface area (Å²) in [5.74, 6) is -1.05. The molecule has 3 aromatic rings. The van der Waals surface area contributed by atoms with Crippen molar-refractivity contribution in [2.24, 2.45) is 0 Å². The summed E-state index contributed by atoms with van der Waals surface area (Å²) < 4.78 is 0. The largest absolute Gasteiger partial charge is 0.481 e. The van der Waals surface area contributed by atoms with Gasteiger partial charge in [0.25, 0.3) is 5.91 Å². The number of likely N-dealkylation sites (tertiary alicyclic amines) is 1. The van der Waals surface area contributed by atoms with Crippen molar-refractivity contribution in [2.75, 3.05) is 23.7 Å². The number of nitrogens with zero attached hydrogens (tertiary/aromatic N) is 1. The highest BCUT2D eigenvalue weighted by molar-refractivity contribution is 6.38. The van der Waals surface area contributed by atoms with E-state index < -0.39 is 5.97 Å². The van der Waals surface area contributed by atoms with Gasteiger partial charge in [0.05, 0.1) is 17.0 Å². The number of fused-ring (bicyclic) bond motifs is 1. The van der Waals surface area contributed by atoms with Crippen LogP contribution >= 0.6 is 11.6 Å². The van der Waals surface area contributed by atoms with Crippen LogP contribution < -0.4 is 10.6 Å². The van der Waals surface area contributed by atoms with Gasteiger partial charge in [-0.1, -0.05) is 48.0 Å². The van der Waals surface area contributed by atoms with Crippen LogP contribution in [-0.2, 0) is 22.6 Å². The molecule has 7 heteroatoms. The summed E-state index contributed by atoms with van der Waals surface area (Å²) in [6, 6.07) is 21.4. The van der Waals surface area contributed by atoms with Crippen LogP contribution in [0.5, 0.6) is 0 Å². The van der Waals surface area contributed by atoms with E-state index >= 15 is 0 Å². The fourth-order valence-corrected chi connectivity index (χ4v) is 5.01. The monoisotopic (exact) mass is 501 g/mol. The van der Waals surface area contributed by atoms with E-state index in [-0.39, 0.29) is 12.3 Å². The van der Waals surface area contributed by atoms with Crippen LogP contribution in [0.15, 0.2) is 66.7 Å². The molecule has 3 N–H and O–H groups in total. The molecule has 36 heavy (non-hydrogen) atoms. The zero-order chi connectivity index (χ0) is 25.1. The molecule has 5 rings (SSSR count). The molecule has 2 heterocycles. The number of carbonyl (C=O) groups excluding carboxylic acids is 1. The molecule has 184 valence electrons. The maximum Gasteiger partial charge on any atom is 0.303 e. The smallest absolute Gasteiger partial charge is 0.303 e. The predicted octanol–water partition coefficient (Wildman–Crippen LogP) is 5.89. The van der Waals surface area contributed by atoms with E-state index in [2.05, 4.69) is 27.7 Å². The zero-order valence-corrected chi connectivity index (χ0v) is 20.6. The Kier molecular flexibility index (Phi) is 7.07. The first-order chi connectivity index (χ1) is 17.5. The number of amides is 1. The molecule has 2 aliphatic rings. The maximum absolute atomic E-state index is 13.2. The van der Waals surface area contributed by atoms with Gasteiger partial charge in [-0.25, -0.2) is 0 Å². The molecule has 2 aliphatic heterocycles. The van der Waals surface area contributed by atoms with E-state index in [9.17, 15) is 9.59 Å². The van der Waals surface area contributed by atoms with Gasteiger partial charge in [-0.3, -0.25) is 14.5 Å². The lowest BCUT2D eigenvalue weighted by Gasteiger charge is -2.17. The normalized spacial score (nSPS) is 16.5. The van der Waals surface area contributed by atoms with E-state index in [1.807, 2.05) is 42.5 Å². The van der Waals surface area contributed by atoms with E-state index in [0.29, 0.717) is 28.4 Å². The molecule has 6 nitrogen and oxygen atoms in total. The van der Waals surface area contributed by atoms with Crippen LogP contribution in [-0.4, -0.2) is 35.0 Å². The number of carboxylic acid groups (broad SMARTS) is 1. The van der Waals surface area contributed by atoms with Crippen LogP contribution in [0.1, 0.15) is 41.5 Å². The van der Waals surface area contributed by atoms with Gasteiger partial charge in [0.2, 0.25) is 0 Å². The Hall–Kier alpha value is -3.61. The van der Waals surface area contributed by atoms with E-state index in [1.165, 1.54) is 18.4 Å². The summed E-state index contributed by atoms with van der Waals surface area (Å²) >= 11 is 6.17. The number of nitrogens with one attached hydrogen (secondary N) is 2.